The first kappa shape index (κ1) is 23.9. The Bertz CT molecular complexity index is 1020. The van der Waals surface area contributed by atoms with Crippen molar-refractivity contribution in [1.82, 2.24) is 14.4 Å². The summed E-state index contributed by atoms with van der Waals surface area (Å²) in [7, 11) is 0. The van der Waals surface area contributed by atoms with Crippen LogP contribution in [0.25, 0.3) is 11.1 Å². The summed E-state index contributed by atoms with van der Waals surface area (Å²) < 4.78 is 12.3. The van der Waals surface area contributed by atoms with Crippen molar-refractivity contribution in [2.75, 3.05) is 19.6 Å². The second-order valence-electron chi connectivity index (χ2n) is 9.90. The number of nitrogens with zero attached hydrogens (tertiary/aromatic N) is 3. The number of amides is 2. The standard InChI is InChI=1S/C24H35N3O5/c1-16(2)26(22(29)32-24(4,5)6)15-18-10-9-13-25(14-18)21(28)17(3)27-19-11-7-8-12-20(19)31-23(27)30/h7-8,11-12,16-18H,9-10,13-15H2,1-6H3. The van der Waals surface area contributed by atoms with Crippen LogP contribution in [0, 0.1) is 5.92 Å². The summed E-state index contributed by atoms with van der Waals surface area (Å²) in [5.74, 6) is -0.499. The minimum atomic E-state index is -0.669. The van der Waals surface area contributed by atoms with E-state index in [0.29, 0.717) is 30.7 Å². The van der Waals surface area contributed by atoms with Crippen molar-refractivity contribution in [3.05, 3.63) is 34.8 Å². The third-order valence-electron chi connectivity index (χ3n) is 5.80. The van der Waals surface area contributed by atoms with Crippen LogP contribution < -0.4 is 5.76 Å². The summed E-state index contributed by atoms with van der Waals surface area (Å²) in [6.45, 7) is 12.9. The zero-order chi connectivity index (χ0) is 23.6. The van der Waals surface area contributed by atoms with Crippen LogP contribution in [0.2, 0.25) is 0 Å². The molecule has 1 aromatic heterocycles. The molecule has 3 rings (SSSR count). The van der Waals surface area contributed by atoms with Crippen molar-refractivity contribution < 1.29 is 18.7 Å². The highest BCUT2D eigenvalue weighted by atomic mass is 16.6. The van der Waals surface area contributed by atoms with Gasteiger partial charge in [-0.3, -0.25) is 9.36 Å². The number of carbonyl (C=O) groups excluding carboxylic acids is 2. The highest BCUT2D eigenvalue weighted by molar-refractivity contribution is 5.83. The van der Waals surface area contributed by atoms with Crippen LogP contribution in [0.1, 0.15) is 60.4 Å². The van der Waals surface area contributed by atoms with E-state index in [1.807, 2.05) is 40.7 Å². The van der Waals surface area contributed by atoms with Gasteiger partial charge in [-0.25, -0.2) is 9.59 Å². The predicted molar refractivity (Wildman–Crippen MR) is 123 cm³/mol. The van der Waals surface area contributed by atoms with E-state index in [4.69, 9.17) is 9.15 Å². The van der Waals surface area contributed by atoms with Crippen molar-refractivity contribution in [3.63, 3.8) is 0 Å². The van der Waals surface area contributed by atoms with Gasteiger partial charge >= 0.3 is 11.8 Å². The normalized spacial score (nSPS) is 18.1. The summed E-state index contributed by atoms with van der Waals surface area (Å²) in [6.07, 6.45) is 1.45. The molecule has 0 radical (unpaired) electrons. The largest absolute Gasteiger partial charge is 0.444 e. The third-order valence-corrected chi connectivity index (χ3v) is 5.80. The number of oxazole rings is 1. The van der Waals surface area contributed by atoms with Gasteiger partial charge in [0.1, 0.15) is 11.6 Å². The van der Waals surface area contributed by atoms with Crippen LogP contribution in [-0.2, 0) is 9.53 Å². The molecule has 2 amide bonds. The molecule has 2 unspecified atom stereocenters. The Morgan fingerprint density at radius 1 is 1.22 bits per heavy atom. The summed E-state index contributed by atoms with van der Waals surface area (Å²) in [4.78, 5) is 41.9. The zero-order valence-electron chi connectivity index (χ0n) is 20.0. The summed E-state index contributed by atoms with van der Waals surface area (Å²) in [6, 6.07) is 6.44. The number of benzene rings is 1. The van der Waals surface area contributed by atoms with Crippen LogP contribution in [0.5, 0.6) is 0 Å². The fourth-order valence-electron chi connectivity index (χ4n) is 4.23. The Morgan fingerprint density at radius 2 is 1.91 bits per heavy atom. The van der Waals surface area contributed by atoms with Crippen LogP contribution in [0.4, 0.5) is 4.79 Å². The second kappa shape index (κ2) is 9.38. The number of likely N-dealkylation sites (tertiary alicyclic amines) is 1. The summed E-state index contributed by atoms with van der Waals surface area (Å²) in [5, 5.41) is 0. The maximum atomic E-state index is 13.3. The number of rotatable bonds is 5. The molecule has 1 fully saturated rings. The number of hydrogen-bond acceptors (Lipinski definition) is 5. The number of carbonyl (C=O) groups is 2. The lowest BCUT2D eigenvalue weighted by Crippen LogP contribution is -2.49. The summed E-state index contributed by atoms with van der Waals surface area (Å²) in [5.41, 5.74) is 0.524. The number of para-hydroxylation sites is 2. The van der Waals surface area contributed by atoms with E-state index in [-0.39, 0.29) is 24.0 Å². The molecule has 2 aromatic rings. The van der Waals surface area contributed by atoms with Gasteiger partial charge in [0.15, 0.2) is 5.58 Å². The number of fused-ring (bicyclic) bond motifs is 1. The Morgan fingerprint density at radius 3 is 2.56 bits per heavy atom. The predicted octanol–water partition coefficient (Wildman–Crippen LogP) is 4.04. The van der Waals surface area contributed by atoms with Crippen molar-refractivity contribution in [1.29, 1.82) is 0 Å². The topological polar surface area (TPSA) is 85.0 Å². The lowest BCUT2D eigenvalue weighted by Gasteiger charge is -2.38. The molecule has 0 aliphatic carbocycles. The van der Waals surface area contributed by atoms with Crippen molar-refractivity contribution in [3.8, 4) is 0 Å². The number of aromatic nitrogens is 1. The lowest BCUT2D eigenvalue weighted by molar-refractivity contribution is -0.136. The monoisotopic (exact) mass is 445 g/mol. The van der Waals surface area contributed by atoms with Crippen LogP contribution in [-0.4, -0.2) is 57.6 Å². The Kier molecular flexibility index (Phi) is 7.00. The molecule has 8 nitrogen and oxygen atoms in total. The number of hydrogen-bond donors (Lipinski definition) is 0. The first-order chi connectivity index (χ1) is 15.0. The smallest absolute Gasteiger partial charge is 0.420 e. The van der Waals surface area contributed by atoms with E-state index >= 15 is 0 Å². The molecular formula is C24H35N3O5. The maximum absolute atomic E-state index is 13.3. The molecule has 0 spiro atoms. The maximum Gasteiger partial charge on any atom is 0.420 e. The highest BCUT2D eigenvalue weighted by Crippen LogP contribution is 2.24. The molecule has 1 aliphatic rings. The van der Waals surface area contributed by atoms with Gasteiger partial charge in [0, 0.05) is 25.7 Å². The van der Waals surface area contributed by atoms with E-state index in [9.17, 15) is 14.4 Å². The average Bonchev–Trinajstić information content (AvgIpc) is 3.05. The van der Waals surface area contributed by atoms with E-state index < -0.39 is 17.4 Å². The van der Waals surface area contributed by atoms with E-state index in [2.05, 4.69) is 0 Å². The molecule has 2 atom stereocenters. The SMILES string of the molecule is CC(C)N(CC1CCCN(C(=O)C(C)n2c(=O)oc3ccccc32)C1)C(=O)OC(C)(C)C. The Hall–Kier alpha value is -2.77. The number of piperidine rings is 1. The van der Waals surface area contributed by atoms with Gasteiger partial charge in [-0.15, -0.1) is 0 Å². The van der Waals surface area contributed by atoms with Gasteiger partial charge < -0.3 is 19.0 Å². The fraction of sp³-hybridized carbons (Fsp3) is 0.625. The van der Waals surface area contributed by atoms with Gasteiger partial charge in [0.25, 0.3) is 0 Å². The zero-order valence-corrected chi connectivity index (χ0v) is 20.0. The molecule has 0 N–H and O–H groups in total. The quantitative estimate of drug-likeness (QED) is 0.693. The van der Waals surface area contributed by atoms with Crippen molar-refractivity contribution >= 4 is 23.1 Å². The molecule has 176 valence electrons. The molecule has 2 heterocycles. The summed E-state index contributed by atoms with van der Waals surface area (Å²) >= 11 is 0. The van der Waals surface area contributed by atoms with Gasteiger partial charge in [0.2, 0.25) is 5.91 Å². The van der Waals surface area contributed by atoms with E-state index in [1.54, 1.807) is 34.9 Å². The van der Waals surface area contributed by atoms with Crippen LogP contribution >= 0.6 is 0 Å². The molecule has 0 saturated carbocycles. The van der Waals surface area contributed by atoms with Crippen molar-refractivity contribution in [2.24, 2.45) is 5.92 Å². The second-order valence-corrected chi connectivity index (χ2v) is 9.90. The van der Waals surface area contributed by atoms with Crippen molar-refractivity contribution in [2.45, 2.75) is 72.1 Å². The van der Waals surface area contributed by atoms with Gasteiger partial charge in [-0.1, -0.05) is 12.1 Å². The third kappa shape index (κ3) is 5.34. The molecule has 1 aliphatic heterocycles. The van der Waals surface area contributed by atoms with Gasteiger partial charge in [-0.05, 0) is 72.4 Å². The molecule has 32 heavy (non-hydrogen) atoms. The molecule has 8 heteroatoms. The average molecular weight is 446 g/mol. The van der Waals surface area contributed by atoms with Crippen LogP contribution in [0.15, 0.2) is 33.5 Å². The lowest BCUT2D eigenvalue weighted by atomic mass is 9.96. The minimum Gasteiger partial charge on any atom is -0.444 e. The molecule has 1 aromatic carbocycles. The Balaban J connectivity index is 1.72. The highest BCUT2D eigenvalue weighted by Gasteiger charge is 2.32. The molecule has 1 saturated heterocycles. The first-order valence-electron chi connectivity index (χ1n) is 11.4. The van der Waals surface area contributed by atoms with E-state index in [0.717, 1.165) is 12.8 Å². The molecular weight excluding hydrogens is 410 g/mol. The Labute approximate surface area is 189 Å². The van der Waals surface area contributed by atoms with Crippen LogP contribution in [0.3, 0.4) is 0 Å². The number of ether oxygens (including phenoxy) is 1. The minimum absolute atomic E-state index is 0.00859. The first-order valence-corrected chi connectivity index (χ1v) is 11.4. The fourth-order valence-corrected chi connectivity index (χ4v) is 4.23. The van der Waals surface area contributed by atoms with Gasteiger partial charge in [0.05, 0.1) is 5.52 Å². The van der Waals surface area contributed by atoms with E-state index in [1.165, 1.54) is 4.57 Å². The molecule has 0 bridgehead atoms. The van der Waals surface area contributed by atoms with Gasteiger partial charge in [-0.2, -0.15) is 0 Å².